The minimum atomic E-state index is -1.84. The van der Waals surface area contributed by atoms with Crippen molar-refractivity contribution in [3.63, 3.8) is 0 Å². The molecule has 0 aromatic heterocycles. The first-order valence-corrected chi connectivity index (χ1v) is 5.54. The molecule has 0 aliphatic carbocycles. The van der Waals surface area contributed by atoms with E-state index >= 15 is 0 Å². The minimum Gasteiger partial charge on any atom is -1.00 e. The van der Waals surface area contributed by atoms with E-state index in [0.717, 1.165) is 6.42 Å². The zero-order chi connectivity index (χ0) is 9.68. The van der Waals surface area contributed by atoms with E-state index in [-0.39, 0.29) is 31.0 Å². The van der Waals surface area contributed by atoms with Gasteiger partial charge in [-0.3, -0.25) is 0 Å². The number of aryl methyl sites for hydroxylation is 1. The standard InChI is InChI=1S/C10H14O2S.Na.H/c1-2-3-4-9-5-7-10(8-6-9)13(11)12;;/h5-8H,2-4H2,1H3,(H,11,12);;/q;+1;-1. The van der Waals surface area contributed by atoms with Crippen molar-refractivity contribution in [1.29, 1.82) is 0 Å². The molecule has 0 fully saturated rings. The number of unbranched alkanes of at least 4 members (excludes halogenated alkanes) is 1. The molecule has 1 atom stereocenters. The van der Waals surface area contributed by atoms with Gasteiger partial charge in [-0.2, -0.15) is 0 Å². The summed E-state index contributed by atoms with van der Waals surface area (Å²) >= 11 is -1.84. The zero-order valence-electron chi connectivity index (χ0n) is 9.69. The summed E-state index contributed by atoms with van der Waals surface area (Å²) in [4.78, 5) is 0.472. The van der Waals surface area contributed by atoms with Crippen LogP contribution < -0.4 is 29.6 Å². The Bertz CT molecular complexity index is 290. The normalized spacial score (nSPS) is 11.9. The van der Waals surface area contributed by atoms with Gasteiger partial charge in [-0.15, -0.1) is 0 Å². The number of hydrogen-bond acceptors (Lipinski definition) is 1. The summed E-state index contributed by atoms with van der Waals surface area (Å²) in [5.41, 5.74) is 1.23. The molecule has 1 aromatic rings. The summed E-state index contributed by atoms with van der Waals surface area (Å²) in [6.45, 7) is 2.15. The number of hydrogen-bond donors (Lipinski definition) is 1. The van der Waals surface area contributed by atoms with E-state index in [4.69, 9.17) is 4.55 Å². The molecule has 4 heteroatoms. The third-order valence-corrected chi connectivity index (χ3v) is 2.62. The van der Waals surface area contributed by atoms with E-state index in [9.17, 15) is 4.21 Å². The summed E-state index contributed by atoms with van der Waals surface area (Å²) in [5.74, 6) is 0. The topological polar surface area (TPSA) is 37.3 Å². The van der Waals surface area contributed by atoms with E-state index in [1.807, 2.05) is 12.1 Å². The molecule has 1 aromatic carbocycles. The first kappa shape index (κ1) is 14.3. The van der Waals surface area contributed by atoms with Crippen LogP contribution in [0.3, 0.4) is 0 Å². The van der Waals surface area contributed by atoms with Crippen molar-refractivity contribution in [2.24, 2.45) is 0 Å². The fourth-order valence-electron chi connectivity index (χ4n) is 1.15. The van der Waals surface area contributed by atoms with Gasteiger partial charge in [0.2, 0.25) is 0 Å². The van der Waals surface area contributed by atoms with Crippen molar-refractivity contribution in [2.45, 2.75) is 31.1 Å². The molecule has 1 rings (SSSR count). The molecule has 1 N–H and O–H groups in total. The van der Waals surface area contributed by atoms with E-state index in [2.05, 4.69) is 6.92 Å². The van der Waals surface area contributed by atoms with Crippen molar-refractivity contribution in [2.75, 3.05) is 0 Å². The maximum absolute atomic E-state index is 10.6. The summed E-state index contributed by atoms with van der Waals surface area (Å²) in [6, 6.07) is 7.25. The molecular weight excluding hydrogens is 207 g/mol. The van der Waals surface area contributed by atoms with Crippen LogP contribution in [0.15, 0.2) is 29.2 Å². The van der Waals surface area contributed by atoms with Crippen LogP contribution in [0.2, 0.25) is 0 Å². The molecule has 0 saturated carbocycles. The summed E-state index contributed by atoms with van der Waals surface area (Å²) in [5, 5.41) is 0. The Balaban J connectivity index is 0. The zero-order valence-corrected chi connectivity index (χ0v) is 11.5. The fourth-order valence-corrected chi connectivity index (χ4v) is 1.52. The minimum absolute atomic E-state index is 0. The Labute approximate surface area is 111 Å². The van der Waals surface area contributed by atoms with Gasteiger partial charge >= 0.3 is 29.6 Å². The average Bonchev–Trinajstić information content (AvgIpc) is 2.15. The summed E-state index contributed by atoms with van der Waals surface area (Å²) in [6.07, 6.45) is 3.39. The molecular formula is C10H15NaO2S. The molecule has 0 saturated heterocycles. The van der Waals surface area contributed by atoms with E-state index in [1.165, 1.54) is 18.4 Å². The molecule has 0 aliphatic heterocycles. The molecule has 0 spiro atoms. The summed E-state index contributed by atoms with van der Waals surface area (Å²) in [7, 11) is 0. The van der Waals surface area contributed by atoms with Gasteiger partial charge in [-0.05, 0) is 30.5 Å². The van der Waals surface area contributed by atoms with Crippen LogP contribution in [-0.2, 0) is 17.5 Å². The Morgan fingerprint density at radius 3 is 2.36 bits per heavy atom. The second-order valence-corrected chi connectivity index (χ2v) is 3.97. The van der Waals surface area contributed by atoms with Crippen LogP contribution in [0, 0.1) is 0 Å². The largest absolute Gasteiger partial charge is 1.00 e. The second kappa shape index (κ2) is 7.60. The molecule has 14 heavy (non-hydrogen) atoms. The molecule has 0 aliphatic rings. The molecule has 0 heterocycles. The SMILES string of the molecule is CCCCc1ccc(S(=O)O)cc1.[H-].[Na+]. The van der Waals surface area contributed by atoms with Gasteiger partial charge in [0, 0.05) is 0 Å². The van der Waals surface area contributed by atoms with Crippen LogP contribution in [0.5, 0.6) is 0 Å². The van der Waals surface area contributed by atoms with E-state index in [1.54, 1.807) is 12.1 Å². The van der Waals surface area contributed by atoms with E-state index < -0.39 is 11.1 Å². The van der Waals surface area contributed by atoms with Crippen LogP contribution >= 0.6 is 0 Å². The average molecular weight is 222 g/mol. The van der Waals surface area contributed by atoms with Gasteiger partial charge in [-0.1, -0.05) is 25.5 Å². The van der Waals surface area contributed by atoms with Crippen molar-refractivity contribution in [3.05, 3.63) is 29.8 Å². The van der Waals surface area contributed by atoms with Gasteiger partial charge in [0.15, 0.2) is 11.1 Å². The van der Waals surface area contributed by atoms with Gasteiger partial charge in [0.25, 0.3) is 0 Å². The number of benzene rings is 1. The quantitative estimate of drug-likeness (QED) is 0.562. The first-order valence-electron chi connectivity index (χ1n) is 4.44. The van der Waals surface area contributed by atoms with Gasteiger partial charge in [0.05, 0.1) is 4.90 Å². The van der Waals surface area contributed by atoms with Crippen molar-refractivity contribution in [1.82, 2.24) is 0 Å². The Kier molecular flexibility index (Phi) is 7.78. The number of rotatable bonds is 4. The van der Waals surface area contributed by atoms with Gasteiger partial charge < -0.3 is 5.98 Å². The van der Waals surface area contributed by atoms with Crippen LogP contribution in [0.4, 0.5) is 0 Å². The van der Waals surface area contributed by atoms with Crippen LogP contribution in [0.25, 0.3) is 0 Å². The monoisotopic (exact) mass is 222 g/mol. The van der Waals surface area contributed by atoms with Crippen molar-refractivity contribution in [3.8, 4) is 0 Å². The summed E-state index contributed by atoms with van der Waals surface area (Å²) < 4.78 is 19.4. The Morgan fingerprint density at radius 1 is 1.36 bits per heavy atom. The third-order valence-electron chi connectivity index (χ3n) is 1.94. The maximum atomic E-state index is 10.6. The molecule has 2 nitrogen and oxygen atoms in total. The maximum Gasteiger partial charge on any atom is 1.00 e. The molecule has 1 unspecified atom stereocenters. The van der Waals surface area contributed by atoms with Crippen molar-refractivity contribution >= 4 is 11.1 Å². The second-order valence-electron chi connectivity index (χ2n) is 3.00. The van der Waals surface area contributed by atoms with Crippen molar-refractivity contribution < 1.29 is 39.7 Å². The third kappa shape index (κ3) is 4.71. The molecule has 74 valence electrons. The fraction of sp³-hybridized carbons (Fsp3) is 0.400. The smallest absolute Gasteiger partial charge is 1.00 e. The Morgan fingerprint density at radius 2 is 1.93 bits per heavy atom. The molecule has 0 bridgehead atoms. The first-order chi connectivity index (χ1) is 6.24. The Hall–Kier alpha value is 0.330. The molecule has 0 radical (unpaired) electrons. The van der Waals surface area contributed by atoms with E-state index in [0.29, 0.717) is 4.90 Å². The predicted octanol–water partition coefficient (Wildman–Crippen LogP) is -0.274. The van der Waals surface area contributed by atoms with Crippen LogP contribution in [0.1, 0.15) is 26.8 Å². The van der Waals surface area contributed by atoms with Crippen LogP contribution in [-0.4, -0.2) is 8.76 Å². The van der Waals surface area contributed by atoms with Gasteiger partial charge in [0.1, 0.15) is 0 Å². The molecule has 0 amide bonds. The predicted molar refractivity (Wildman–Crippen MR) is 55.2 cm³/mol. The van der Waals surface area contributed by atoms with Gasteiger partial charge in [-0.25, -0.2) is 4.21 Å².